The molecule has 9 heteroatoms. The van der Waals surface area contributed by atoms with Gasteiger partial charge in [0.05, 0.1) is 34.4 Å². The topological polar surface area (TPSA) is 108 Å². The number of carboxylic acid groups (broad SMARTS) is 1. The lowest BCUT2D eigenvalue weighted by molar-refractivity contribution is -0.870. The molecule has 0 heterocycles. The van der Waals surface area contributed by atoms with Crippen molar-refractivity contribution in [2.45, 2.75) is 386 Å². The van der Waals surface area contributed by atoms with E-state index in [9.17, 15) is 19.5 Å². The molecule has 95 heavy (non-hydrogen) atoms. The summed E-state index contributed by atoms with van der Waals surface area (Å²) < 4.78 is 23.1. The molecule has 0 bridgehead atoms. The molecular formula is C86H154NO8+. The first-order valence-corrected chi connectivity index (χ1v) is 40.4. The van der Waals surface area contributed by atoms with Crippen molar-refractivity contribution in [2.24, 2.45) is 0 Å². The molecule has 0 spiro atoms. The summed E-state index contributed by atoms with van der Waals surface area (Å²) in [6.07, 6.45) is 103. The largest absolute Gasteiger partial charge is 0.477 e. The van der Waals surface area contributed by atoms with Gasteiger partial charge >= 0.3 is 17.9 Å². The van der Waals surface area contributed by atoms with E-state index in [0.717, 1.165) is 83.5 Å². The Bertz CT molecular complexity index is 1890. The van der Waals surface area contributed by atoms with Gasteiger partial charge in [-0.1, -0.05) is 361 Å². The summed E-state index contributed by atoms with van der Waals surface area (Å²) in [5, 5.41) is 9.77. The maximum Gasteiger partial charge on any atom is 0.361 e. The molecule has 0 aliphatic carbocycles. The molecule has 2 atom stereocenters. The van der Waals surface area contributed by atoms with Crippen LogP contribution in [-0.4, -0.2) is 87.4 Å². The van der Waals surface area contributed by atoms with E-state index >= 15 is 0 Å². The number of ether oxygens (including phenoxy) is 4. The van der Waals surface area contributed by atoms with Gasteiger partial charge in [-0.15, -0.1) is 0 Å². The second-order valence-electron chi connectivity index (χ2n) is 28.3. The Balaban J connectivity index is 3.97. The number of esters is 2. The number of carboxylic acids is 1. The van der Waals surface area contributed by atoms with Gasteiger partial charge in [0, 0.05) is 12.8 Å². The van der Waals surface area contributed by atoms with Crippen LogP contribution in [0, 0.1) is 0 Å². The normalized spacial score (nSPS) is 13.1. The van der Waals surface area contributed by atoms with Gasteiger partial charge in [0.1, 0.15) is 13.2 Å². The van der Waals surface area contributed by atoms with E-state index in [4.69, 9.17) is 18.9 Å². The number of hydrogen-bond acceptors (Lipinski definition) is 7. The van der Waals surface area contributed by atoms with Crippen LogP contribution in [0.2, 0.25) is 0 Å². The lowest BCUT2D eigenvalue weighted by Crippen LogP contribution is -2.40. The SMILES string of the molecule is CC/C=C\C/C=C\C/C=C\C/C=C\C/C=C\CCCCCCCCCCCCCCCC(=O)OC(COC(=O)CCCCCCCCCCCCCCCCCCCCCCCCCCCC/C=C\C/C=C\C/C=C\CCCCCCC)COC(OCC[N+](C)(C)C)C(=O)O. The molecule has 0 aromatic rings. The summed E-state index contributed by atoms with van der Waals surface area (Å²) in [5.74, 6) is -1.99. The molecule has 1 N–H and O–H groups in total. The second kappa shape index (κ2) is 76.0. The van der Waals surface area contributed by atoms with Gasteiger partial charge < -0.3 is 28.5 Å². The summed E-state index contributed by atoms with van der Waals surface area (Å²) in [7, 11) is 5.99. The molecule has 550 valence electrons. The van der Waals surface area contributed by atoms with Crippen molar-refractivity contribution < 1.29 is 42.9 Å². The summed E-state index contributed by atoms with van der Waals surface area (Å²) >= 11 is 0. The third-order valence-electron chi connectivity index (χ3n) is 17.8. The fourth-order valence-corrected chi connectivity index (χ4v) is 11.7. The van der Waals surface area contributed by atoms with Crippen molar-refractivity contribution in [3.05, 3.63) is 97.2 Å². The Morgan fingerprint density at radius 2 is 0.600 bits per heavy atom. The van der Waals surface area contributed by atoms with Gasteiger partial charge in [0.2, 0.25) is 0 Å². The van der Waals surface area contributed by atoms with Crippen LogP contribution in [0.5, 0.6) is 0 Å². The summed E-state index contributed by atoms with van der Waals surface area (Å²) in [6.45, 7) is 4.80. The molecule has 0 fully saturated rings. The highest BCUT2D eigenvalue weighted by Crippen LogP contribution is 2.19. The second-order valence-corrected chi connectivity index (χ2v) is 28.3. The van der Waals surface area contributed by atoms with Gasteiger partial charge in [0.15, 0.2) is 6.10 Å². The number of hydrogen-bond donors (Lipinski definition) is 1. The Labute approximate surface area is 588 Å². The third kappa shape index (κ3) is 77.4. The van der Waals surface area contributed by atoms with Gasteiger partial charge in [-0.05, 0) is 96.3 Å². The Morgan fingerprint density at radius 1 is 0.326 bits per heavy atom. The van der Waals surface area contributed by atoms with E-state index in [1.807, 2.05) is 21.1 Å². The van der Waals surface area contributed by atoms with E-state index in [-0.39, 0.29) is 32.2 Å². The van der Waals surface area contributed by atoms with E-state index in [1.165, 1.54) is 263 Å². The fourth-order valence-electron chi connectivity index (χ4n) is 11.7. The number of carbonyl (C=O) groups excluding carboxylic acids is 2. The average Bonchev–Trinajstić information content (AvgIpc) is 2.86. The molecule has 0 rings (SSSR count). The van der Waals surface area contributed by atoms with E-state index in [1.54, 1.807) is 0 Å². The standard InChI is InChI=1S/C86H153NO8/c1-6-8-10-12-14-16-18-20-22-24-26-28-30-32-34-36-37-38-39-40-41-42-43-44-45-46-47-49-50-52-54-56-58-60-62-64-66-68-70-72-74-76-83(88)93-80-82(81-94-86(85(90)91)92-79-78-87(3,4)5)95-84(89)77-75-73-71-69-67-65-63-61-59-57-55-53-51-48-35-33-31-29-27-25-23-21-19-17-15-13-11-9-7-2/h9,11,15,17-18,20-21,23-24,26-27,29-30,32-33,35,82,86H,6-8,10,12-14,16,19,22,25,28,31,34,36-81H2,1-5H3/p+1/b11-9-,17-15-,20-18-,23-21-,26-24-,29-27-,32-30-,35-33-. The van der Waals surface area contributed by atoms with Crippen LogP contribution >= 0.6 is 0 Å². The first-order chi connectivity index (χ1) is 46.6. The van der Waals surface area contributed by atoms with E-state index < -0.39 is 24.3 Å². The van der Waals surface area contributed by atoms with Crippen LogP contribution in [0.15, 0.2) is 97.2 Å². The number of likely N-dealkylation sites (N-methyl/N-ethyl adjacent to an activating group) is 1. The Morgan fingerprint density at radius 3 is 0.895 bits per heavy atom. The van der Waals surface area contributed by atoms with Crippen molar-refractivity contribution in [1.29, 1.82) is 0 Å². The highest BCUT2D eigenvalue weighted by atomic mass is 16.7. The van der Waals surface area contributed by atoms with Crippen LogP contribution in [-0.2, 0) is 33.3 Å². The monoisotopic (exact) mass is 1330 g/mol. The first-order valence-electron chi connectivity index (χ1n) is 40.4. The summed E-state index contributed by atoms with van der Waals surface area (Å²) in [5.41, 5.74) is 0. The average molecular weight is 1330 g/mol. The summed E-state index contributed by atoms with van der Waals surface area (Å²) in [6, 6.07) is 0. The lowest BCUT2D eigenvalue weighted by Gasteiger charge is -2.25. The van der Waals surface area contributed by atoms with Crippen LogP contribution < -0.4 is 0 Å². The van der Waals surface area contributed by atoms with Crippen LogP contribution in [0.25, 0.3) is 0 Å². The first kappa shape index (κ1) is 91.2. The molecular weight excluding hydrogens is 1170 g/mol. The highest BCUT2D eigenvalue weighted by molar-refractivity contribution is 5.71. The van der Waals surface area contributed by atoms with Crippen molar-refractivity contribution in [1.82, 2.24) is 0 Å². The van der Waals surface area contributed by atoms with E-state index in [2.05, 4.69) is 111 Å². The molecule has 0 aromatic heterocycles. The number of nitrogens with zero attached hydrogens (tertiary/aromatic N) is 1. The summed E-state index contributed by atoms with van der Waals surface area (Å²) in [4.78, 5) is 37.7. The molecule has 0 aliphatic rings. The zero-order chi connectivity index (χ0) is 69.0. The quantitative estimate of drug-likeness (QED) is 0.0211. The smallest absolute Gasteiger partial charge is 0.361 e. The van der Waals surface area contributed by atoms with Crippen LogP contribution in [0.3, 0.4) is 0 Å². The van der Waals surface area contributed by atoms with Gasteiger partial charge in [-0.2, -0.15) is 0 Å². The number of quaternary nitrogens is 1. The lowest BCUT2D eigenvalue weighted by atomic mass is 10.0. The zero-order valence-corrected chi connectivity index (χ0v) is 63.1. The highest BCUT2D eigenvalue weighted by Gasteiger charge is 2.25. The minimum atomic E-state index is -1.51. The number of rotatable bonds is 75. The predicted octanol–water partition coefficient (Wildman–Crippen LogP) is 25.9. The van der Waals surface area contributed by atoms with Crippen molar-refractivity contribution in [3.63, 3.8) is 0 Å². The fraction of sp³-hybridized carbons (Fsp3) is 0.779. The van der Waals surface area contributed by atoms with Gasteiger partial charge in [-0.3, -0.25) is 9.59 Å². The van der Waals surface area contributed by atoms with Crippen LogP contribution in [0.1, 0.15) is 373 Å². The molecule has 0 amide bonds. The number of aliphatic carboxylic acids is 1. The van der Waals surface area contributed by atoms with Gasteiger partial charge in [-0.25, -0.2) is 4.79 Å². The Kier molecular flexibility index (Phi) is 72.9. The molecule has 0 saturated heterocycles. The number of carbonyl (C=O) groups is 3. The zero-order valence-electron chi connectivity index (χ0n) is 63.1. The predicted molar refractivity (Wildman–Crippen MR) is 410 cm³/mol. The molecule has 0 saturated carbocycles. The minimum absolute atomic E-state index is 0.182. The van der Waals surface area contributed by atoms with Crippen molar-refractivity contribution in [3.8, 4) is 0 Å². The maximum atomic E-state index is 13.0. The Hall–Kier alpha value is -3.79. The molecule has 0 aromatic carbocycles. The number of unbranched alkanes of at least 4 members (excludes halogenated alkanes) is 44. The molecule has 9 nitrogen and oxygen atoms in total. The van der Waals surface area contributed by atoms with Crippen molar-refractivity contribution >= 4 is 17.9 Å². The molecule has 2 unspecified atom stereocenters. The maximum absolute atomic E-state index is 13.0. The third-order valence-corrected chi connectivity index (χ3v) is 17.8. The molecule has 0 aliphatic heterocycles. The minimum Gasteiger partial charge on any atom is -0.477 e. The van der Waals surface area contributed by atoms with Crippen LogP contribution in [0.4, 0.5) is 0 Å². The number of allylic oxidation sites excluding steroid dienone is 16. The van der Waals surface area contributed by atoms with E-state index in [0.29, 0.717) is 17.4 Å². The van der Waals surface area contributed by atoms with Crippen molar-refractivity contribution in [2.75, 3.05) is 47.5 Å². The van der Waals surface area contributed by atoms with Gasteiger partial charge in [0.25, 0.3) is 6.29 Å². The molecule has 0 radical (unpaired) electrons.